The Morgan fingerprint density at radius 2 is 1.68 bits per heavy atom. The third-order valence-corrected chi connectivity index (χ3v) is 6.05. The fraction of sp³-hybridized carbons (Fsp3) is 0.941. The van der Waals surface area contributed by atoms with Crippen molar-refractivity contribution in [2.45, 2.75) is 66.2 Å². The number of hydrogen-bond acceptors (Lipinski definition) is 2. The molecule has 0 N–H and O–H groups in total. The number of piperidine rings is 1. The third kappa shape index (κ3) is 3.04. The minimum Gasteiger partial charge on any atom is -0.303 e. The van der Waals surface area contributed by atoms with Crippen molar-refractivity contribution in [2.75, 3.05) is 19.6 Å². The molecule has 1 atom stereocenters. The summed E-state index contributed by atoms with van der Waals surface area (Å²) in [6.07, 6.45) is 7.46. The van der Waals surface area contributed by atoms with E-state index in [4.69, 9.17) is 0 Å². The molecule has 1 unspecified atom stereocenters. The highest BCUT2D eigenvalue weighted by molar-refractivity contribution is 5.88. The minimum absolute atomic E-state index is 0.0585. The van der Waals surface area contributed by atoms with Crippen molar-refractivity contribution in [3.63, 3.8) is 0 Å². The van der Waals surface area contributed by atoms with E-state index >= 15 is 0 Å². The second-order valence-electron chi connectivity index (χ2n) is 7.49. The zero-order chi connectivity index (χ0) is 14.1. The number of likely N-dealkylation sites (tertiary alicyclic amines) is 1. The molecule has 2 aliphatic rings. The lowest BCUT2D eigenvalue weighted by Gasteiger charge is -2.41. The molecule has 110 valence electrons. The van der Waals surface area contributed by atoms with Crippen molar-refractivity contribution in [1.82, 2.24) is 4.90 Å². The molecule has 2 fully saturated rings. The molecule has 19 heavy (non-hydrogen) atoms. The first-order chi connectivity index (χ1) is 8.92. The van der Waals surface area contributed by atoms with Crippen molar-refractivity contribution in [1.29, 1.82) is 0 Å². The van der Waals surface area contributed by atoms with Crippen molar-refractivity contribution in [2.24, 2.45) is 16.7 Å². The van der Waals surface area contributed by atoms with E-state index in [1.165, 1.54) is 38.8 Å². The molecule has 0 spiro atoms. The van der Waals surface area contributed by atoms with Gasteiger partial charge in [0.2, 0.25) is 0 Å². The largest absolute Gasteiger partial charge is 0.303 e. The Bertz CT molecular complexity index is 320. The number of hydrogen-bond donors (Lipinski definition) is 0. The van der Waals surface area contributed by atoms with Crippen LogP contribution >= 0.6 is 0 Å². The maximum Gasteiger partial charge on any atom is 0.142 e. The standard InChI is InChI=1S/C17H31NO/c1-5-17(6-2)9-11-18(12-10-17)13-14-7-8-16(3,4)15(14)19/h14H,5-13H2,1-4H3. The van der Waals surface area contributed by atoms with Gasteiger partial charge in [0.25, 0.3) is 0 Å². The quantitative estimate of drug-likeness (QED) is 0.768. The molecule has 0 aromatic rings. The summed E-state index contributed by atoms with van der Waals surface area (Å²) in [4.78, 5) is 14.9. The summed E-state index contributed by atoms with van der Waals surface area (Å²) < 4.78 is 0. The Labute approximate surface area is 118 Å². The lowest BCUT2D eigenvalue weighted by molar-refractivity contribution is -0.128. The maximum absolute atomic E-state index is 12.3. The zero-order valence-corrected chi connectivity index (χ0v) is 13.3. The van der Waals surface area contributed by atoms with Crippen LogP contribution in [0.5, 0.6) is 0 Å². The lowest BCUT2D eigenvalue weighted by atomic mass is 9.74. The van der Waals surface area contributed by atoms with Gasteiger partial charge in [-0.3, -0.25) is 4.79 Å². The van der Waals surface area contributed by atoms with Crippen LogP contribution in [0.1, 0.15) is 66.2 Å². The van der Waals surface area contributed by atoms with Crippen molar-refractivity contribution >= 4 is 5.78 Å². The minimum atomic E-state index is -0.0585. The molecule has 0 radical (unpaired) electrons. The van der Waals surface area contributed by atoms with Crippen LogP contribution < -0.4 is 0 Å². The Kier molecular flexibility index (Phi) is 4.39. The number of rotatable bonds is 4. The lowest BCUT2D eigenvalue weighted by Crippen LogP contribution is -2.42. The zero-order valence-electron chi connectivity index (χ0n) is 13.3. The summed E-state index contributed by atoms with van der Waals surface area (Å²) in [5.41, 5.74) is 0.534. The van der Waals surface area contributed by atoms with Gasteiger partial charge in [-0.05, 0) is 44.2 Å². The molecule has 0 aromatic heterocycles. The fourth-order valence-electron chi connectivity index (χ4n) is 3.99. The number of ketones is 1. The molecule has 2 rings (SSSR count). The summed E-state index contributed by atoms with van der Waals surface area (Å²) in [7, 11) is 0. The highest BCUT2D eigenvalue weighted by atomic mass is 16.1. The molecule has 1 saturated carbocycles. The SMILES string of the molecule is CCC1(CC)CCN(CC2CCC(C)(C)C2=O)CC1. The summed E-state index contributed by atoms with van der Waals surface area (Å²) >= 11 is 0. The molecule has 0 aromatic carbocycles. The normalized spacial score (nSPS) is 30.7. The molecule has 0 bridgehead atoms. The van der Waals surface area contributed by atoms with Crippen LogP contribution in [0.15, 0.2) is 0 Å². The van der Waals surface area contributed by atoms with Crippen molar-refractivity contribution in [3.8, 4) is 0 Å². The Balaban J connectivity index is 1.85. The van der Waals surface area contributed by atoms with Crippen LogP contribution in [0.3, 0.4) is 0 Å². The maximum atomic E-state index is 12.3. The van der Waals surface area contributed by atoms with Gasteiger partial charge in [0, 0.05) is 17.9 Å². The number of nitrogens with zero attached hydrogens (tertiary/aromatic N) is 1. The molecule has 0 amide bonds. The van der Waals surface area contributed by atoms with Gasteiger partial charge >= 0.3 is 0 Å². The van der Waals surface area contributed by atoms with Gasteiger partial charge in [-0.15, -0.1) is 0 Å². The van der Waals surface area contributed by atoms with Crippen LogP contribution in [0, 0.1) is 16.7 Å². The second-order valence-corrected chi connectivity index (χ2v) is 7.49. The monoisotopic (exact) mass is 265 g/mol. The molecule has 1 aliphatic heterocycles. The van der Waals surface area contributed by atoms with Crippen LogP contribution in [0.25, 0.3) is 0 Å². The van der Waals surface area contributed by atoms with Crippen molar-refractivity contribution < 1.29 is 4.79 Å². The van der Waals surface area contributed by atoms with Crippen molar-refractivity contribution in [3.05, 3.63) is 0 Å². The van der Waals surface area contributed by atoms with Crippen LogP contribution in [0.4, 0.5) is 0 Å². The topological polar surface area (TPSA) is 20.3 Å². The molecular formula is C17H31NO. The number of carbonyl (C=O) groups excluding carboxylic acids is 1. The average Bonchev–Trinajstić information content (AvgIpc) is 2.67. The predicted octanol–water partition coefficient (Wildman–Crippen LogP) is 3.89. The number of carbonyl (C=O) groups is 1. The summed E-state index contributed by atoms with van der Waals surface area (Å²) in [6, 6.07) is 0. The second kappa shape index (κ2) is 5.55. The summed E-state index contributed by atoms with van der Waals surface area (Å²) in [5, 5.41) is 0. The van der Waals surface area contributed by atoms with Gasteiger partial charge in [0.1, 0.15) is 5.78 Å². The molecule has 1 heterocycles. The van der Waals surface area contributed by atoms with E-state index in [1.54, 1.807) is 0 Å². The van der Waals surface area contributed by atoms with E-state index in [9.17, 15) is 4.79 Å². The molecular weight excluding hydrogens is 234 g/mol. The van der Waals surface area contributed by atoms with Gasteiger partial charge in [-0.1, -0.05) is 40.5 Å². The third-order valence-electron chi connectivity index (χ3n) is 6.05. The van der Waals surface area contributed by atoms with E-state index in [0.717, 1.165) is 19.4 Å². The summed E-state index contributed by atoms with van der Waals surface area (Å²) in [6.45, 7) is 12.3. The molecule has 1 aliphatic carbocycles. The molecule has 1 saturated heterocycles. The van der Waals surface area contributed by atoms with E-state index in [2.05, 4.69) is 32.6 Å². The van der Waals surface area contributed by atoms with Gasteiger partial charge in [0.15, 0.2) is 0 Å². The number of Topliss-reactive ketones (excluding diaryl/α,β-unsaturated/α-hetero) is 1. The van der Waals surface area contributed by atoms with Gasteiger partial charge in [0.05, 0.1) is 0 Å². The van der Waals surface area contributed by atoms with Crippen LogP contribution in [-0.4, -0.2) is 30.3 Å². The Hall–Kier alpha value is -0.370. The van der Waals surface area contributed by atoms with E-state index < -0.39 is 0 Å². The van der Waals surface area contributed by atoms with E-state index in [0.29, 0.717) is 17.1 Å². The average molecular weight is 265 g/mol. The first kappa shape index (κ1) is 15.0. The molecule has 2 nitrogen and oxygen atoms in total. The Morgan fingerprint density at radius 3 is 2.11 bits per heavy atom. The fourth-order valence-corrected chi connectivity index (χ4v) is 3.99. The highest BCUT2D eigenvalue weighted by Crippen LogP contribution is 2.40. The van der Waals surface area contributed by atoms with E-state index in [-0.39, 0.29) is 5.41 Å². The predicted molar refractivity (Wildman–Crippen MR) is 80.2 cm³/mol. The van der Waals surface area contributed by atoms with E-state index in [1.807, 2.05) is 0 Å². The van der Waals surface area contributed by atoms with Crippen LogP contribution in [-0.2, 0) is 4.79 Å². The highest BCUT2D eigenvalue weighted by Gasteiger charge is 2.41. The first-order valence-corrected chi connectivity index (χ1v) is 8.19. The Morgan fingerprint density at radius 1 is 1.11 bits per heavy atom. The summed E-state index contributed by atoms with van der Waals surface area (Å²) in [5.74, 6) is 0.820. The smallest absolute Gasteiger partial charge is 0.142 e. The van der Waals surface area contributed by atoms with Gasteiger partial charge < -0.3 is 4.90 Å². The molecule has 2 heteroatoms. The van der Waals surface area contributed by atoms with Gasteiger partial charge in [-0.25, -0.2) is 0 Å². The van der Waals surface area contributed by atoms with Crippen LogP contribution in [0.2, 0.25) is 0 Å². The first-order valence-electron chi connectivity index (χ1n) is 8.19. The van der Waals surface area contributed by atoms with Gasteiger partial charge in [-0.2, -0.15) is 0 Å².